The van der Waals surface area contributed by atoms with E-state index in [-0.39, 0.29) is 0 Å². The summed E-state index contributed by atoms with van der Waals surface area (Å²) in [5, 5.41) is 3.83. The summed E-state index contributed by atoms with van der Waals surface area (Å²) in [5.74, 6) is 1.90. The molecule has 1 nitrogen and oxygen atoms in total. The molecule has 0 aromatic rings. The Morgan fingerprint density at radius 3 is 2.35 bits per heavy atom. The molecular formula is C16H31N. The number of hydrogen-bond acceptors (Lipinski definition) is 1. The lowest BCUT2D eigenvalue weighted by atomic mass is 9.87. The molecule has 1 heteroatoms. The highest BCUT2D eigenvalue weighted by atomic mass is 14.9. The molecule has 2 aliphatic carbocycles. The molecule has 2 aliphatic rings. The minimum atomic E-state index is 0.571. The Morgan fingerprint density at radius 1 is 1.06 bits per heavy atom. The van der Waals surface area contributed by atoms with Crippen molar-refractivity contribution in [3.63, 3.8) is 0 Å². The number of hydrogen-bond donors (Lipinski definition) is 1. The molecule has 0 spiro atoms. The number of nitrogens with one attached hydrogen (secondary N) is 1. The normalized spacial score (nSPS) is 34.1. The average molecular weight is 237 g/mol. The lowest BCUT2D eigenvalue weighted by molar-refractivity contribution is 0.317. The van der Waals surface area contributed by atoms with Crippen molar-refractivity contribution in [2.75, 3.05) is 6.54 Å². The third kappa shape index (κ3) is 3.98. The zero-order valence-corrected chi connectivity index (χ0v) is 12.1. The Hall–Kier alpha value is -0.0400. The Bertz CT molecular complexity index is 228. The Labute approximate surface area is 108 Å². The predicted octanol–water partition coefficient (Wildman–Crippen LogP) is 4.37. The summed E-state index contributed by atoms with van der Waals surface area (Å²) >= 11 is 0. The summed E-state index contributed by atoms with van der Waals surface area (Å²) in [5.41, 5.74) is 0.571. The molecule has 0 radical (unpaired) electrons. The quantitative estimate of drug-likeness (QED) is 0.765. The van der Waals surface area contributed by atoms with Gasteiger partial charge in [-0.15, -0.1) is 0 Å². The summed E-state index contributed by atoms with van der Waals surface area (Å²) in [6.07, 6.45) is 11.6. The van der Waals surface area contributed by atoms with Crippen LogP contribution in [-0.4, -0.2) is 12.6 Å². The Morgan fingerprint density at radius 2 is 1.76 bits per heavy atom. The third-order valence-electron chi connectivity index (χ3n) is 5.02. The molecule has 0 heterocycles. The van der Waals surface area contributed by atoms with Crippen molar-refractivity contribution in [2.45, 2.75) is 78.2 Å². The zero-order valence-electron chi connectivity index (χ0n) is 12.1. The van der Waals surface area contributed by atoms with Gasteiger partial charge in [-0.25, -0.2) is 0 Å². The fourth-order valence-corrected chi connectivity index (χ4v) is 4.12. The van der Waals surface area contributed by atoms with E-state index in [1.165, 1.54) is 57.9 Å². The second-order valence-electron chi connectivity index (χ2n) is 7.40. The van der Waals surface area contributed by atoms with Gasteiger partial charge in [0.25, 0.3) is 0 Å². The van der Waals surface area contributed by atoms with Crippen molar-refractivity contribution in [3.05, 3.63) is 0 Å². The first-order chi connectivity index (χ1) is 8.07. The van der Waals surface area contributed by atoms with Crippen molar-refractivity contribution >= 4 is 0 Å². The van der Waals surface area contributed by atoms with E-state index in [9.17, 15) is 0 Å². The van der Waals surface area contributed by atoms with E-state index in [0.717, 1.165) is 17.9 Å². The molecule has 0 bridgehead atoms. The van der Waals surface area contributed by atoms with Gasteiger partial charge in [-0.05, 0) is 43.1 Å². The fourth-order valence-electron chi connectivity index (χ4n) is 4.12. The second kappa shape index (κ2) is 5.73. The minimum absolute atomic E-state index is 0.571. The van der Waals surface area contributed by atoms with Crippen molar-refractivity contribution in [3.8, 4) is 0 Å². The molecule has 2 saturated carbocycles. The van der Waals surface area contributed by atoms with Crippen molar-refractivity contribution in [1.82, 2.24) is 5.32 Å². The average Bonchev–Trinajstić information content (AvgIpc) is 2.53. The first kappa shape index (κ1) is 13.4. The van der Waals surface area contributed by atoms with Crippen LogP contribution in [0.2, 0.25) is 0 Å². The molecule has 1 N–H and O–H groups in total. The number of rotatable bonds is 4. The molecule has 100 valence electrons. The summed E-state index contributed by atoms with van der Waals surface area (Å²) in [6, 6.07) is 0.786. The lowest BCUT2D eigenvalue weighted by Crippen LogP contribution is -2.33. The van der Waals surface area contributed by atoms with Crippen LogP contribution in [0.1, 0.15) is 72.1 Å². The molecule has 0 aromatic carbocycles. The molecule has 0 aliphatic heterocycles. The highest BCUT2D eigenvalue weighted by molar-refractivity contribution is 4.91. The van der Waals surface area contributed by atoms with Gasteiger partial charge in [-0.3, -0.25) is 0 Å². The van der Waals surface area contributed by atoms with Gasteiger partial charge < -0.3 is 5.32 Å². The van der Waals surface area contributed by atoms with Gasteiger partial charge in [0, 0.05) is 6.04 Å². The molecule has 2 fully saturated rings. The highest BCUT2D eigenvalue weighted by Crippen LogP contribution is 2.40. The highest BCUT2D eigenvalue weighted by Gasteiger charge is 2.36. The van der Waals surface area contributed by atoms with Crippen LogP contribution in [-0.2, 0) is 0 Å². The minimum Gasteiger partial charge on any atom is -0.314 e. The predicted molar refractivity (Wildman–Crippen MR) is 75.2 cm³/mol. The van der Waals surface area contributed by atoms with Crippen LogP contribution in [0.4, 0.5) is 0 Å². The molecule has 0 saturated heterocycles. The van der Waals surface area contributed by atoms with Gasteiger partial charge in [-0.2, -0.15) is 0 Å². The van der Waals surface area contributed by atoms with Crippen LogP contribution >= 0.6 is 0 Å². The Kier molecular flexibility index (Phi) is 4.52. The van der Waals surface area contributed by atoms with E-state index < -0.39 is 0 Å². The van der Waals surface area contributed by atoms with Gasteiger partial charge >= 0.3 is 0 Å². The van der Waals surface area contributed by atoms with Gasteiger partial charge in [0.1, 0.15) is 0 Å². The topological polar surface area (TPSA) is 12.0 Å². The molecule has 2 unspecified atom stereocenters. The van der Waals surface area contributed by atoms with Gasteiger partial charge in [0.2, 0.25) is 0 Å². The van der Waals surface area contributed by atoms with Crippen LogP contribution < -0.4 is 5.32 Å². The fraction of sp³-hybridized carbons (Fsp3) is 1.00. The second-order valence-corrected chi connectivity index (χ2v) is 7.40. The maximum Gasteiger partial charge on any atom is 0.00979 e. The molecular weight excluding hydrogens is 206 g/mol. The van der Waals surface area contributed by atoms with Crippen molar-refractivity contribution < 1.29 is 0 Å². The monoisotopic (exact) mass is 237 g/mol. The summed E-state index contributed by atoms with van der Waals surface area (Å²) in [7, 11) is 0. The van der Waals surface area contributed by atoms with E-state index in [1.807, 2.05) is 0 Å². The van der Waals surface area contributed by atoms with E-state index in [4.69, 9.17) is 0 Å². The van der Waals surface area contributed by atoms with Crippen LogP contribution in [0.15, 0.2) is 0 Å². The molecule has 17 heavy (non-hydrogen) atoms. The van der Waals surface area contributed by atoms with Gasteiger partial charge in [0.05, 0.1) is 0 Å². The first-order valence-corrected chi connectivity index (χ1v) is 7.80. The SMILES string of the molecule is CC1CC(C)(C)CC1NCCC1CCCCC1. The molecule has 0 amide bonds. The molecule has 2 atom stereocenters. The summed E-state index contributed by atoms with van der Waals surface area (Å²) < 4.78 is 0. The maximum atomic E-state index is 3.83. The Balaban J connectivity index is 1.65. The molecule has 2 rings (SSSR count). The van der Waals surface area contributed by atoms with Crippen LogP contribution in [0, 0.1) is 17.3 Å². The van der Waals surface area contributed by atoms with Crippen molar-refractivity contribution in [2.24, 2.45) is 17.3 Å². The maximum absolute atomic E-state index is 3.83. The zero-order chi connectivity index (χ0) is 12.3. The first-order valence-electron chi connectivity index (χ1n) is 7.80. The standard InChI is InChI=1S/C16H31N/c1-13-11-16(2,3)12-15(13)17-10-9-14-7-5-4-6-8-14/h13-15,17H,4-12H2,1-3H3. The van der Waals surface area contributed by atoms with E-state index in [2.05, 4.69) is 26.1 Å². The van der Waals surface area contributed by atoms with E-state index >= 15 is 0 Å². The third-order valence-corrected chi connectivity index (χ3v) is 5.02. The van der Waals surface area contributed by atoms with Crippen LogP contribution in [0.5, 0.6) is 0 Å². The molecule has 0 aromatic heterocycles. The lowest BCUT2D eigenvalue weighted by Gasteiger charge is -2.24. The van der Waals surface area contributed by atoms with Crippen LogP contribution in [0.3, 0.4) is 0 Å². The largest absolute Gasteiger partial charge is 0.314 e. The van der Waals surface area contributed by atoms with E-state index in [0.29, 0.717) is 5.41 Å². The summed E-state index contributed by atoms with van der Waals surface area (Å²) in [4.78, 5) is 0. The van der Waals surface area contributed by atoms with Crippen molar-refractivity contribution in [1.29, 1.82) is 0 Å². The van der Waals surface area contributed by atoms with Gasteiger partial charge in [0.15, 0.2) is 0 Å². The summed E-state index contributed by atoms with van der Waals surface area (Å²) in [6.45, 7) is 8.53. The van der Waals surface area contributed by atoms with Gasteiger partial charge in [-0.1, -0.05) is 52.9 Å². The van der Waals surface area contributed by atoms with E-state index in [1.54, 1.807) is 0 Å². The smallest absolute Gasteiger partial charge is 0.00979 e. The van der Waals surface area contributed by atoms with Crippen LogP contribution in [0.25, 0.3) is 0 Å².